The monoisotopic (exact) mass is 326 g/mol. The quantitative estimate of drug-likeness (QED) is 0.836. The zero-order chi connectivity index (χ0) is 14.4. The molecule has 0 radical (unpaired) electrons. The predicted octanol–water partition coefficient (Wildman–Crippen LogP) is 3.26. The van der Waals surface area contributed by atoms with Crippen LogP contribution in [-0.4, -0.2) is 18.0 Å². The van der Waals surface area contributed by atoms with Crippen molar-refractivity contribution in [1.29, 1.82) is 0 Å². The second-order valence-electron chi connectivity index (χ2n) is 8.41. The highest BCUT2D eigenvalue weighted by Gasteiger charge is 2.42. The molecule has 0 aromatic heterocycles. The molecule has 0 aromatic rings. The SMILES string of the molecule is Cl.NC1CC2CCCC(C1)C2NC(=O)CC1CC2CCC1C2. The van der Waals surface area contributed by atoms with Crippen LogP contribution < -0.4 is 11.1 Å². The Labute approximate surface area is 140 Å². The Morgan fingerprint density at radius 2 is 1.68 bits per heavy atom. The van der Waals surface area contributed by atoms with Gasteiger partial charge in [-0.05, 0) is 74.5 Å². The number of nitrogens with one attached hydrogen (secondary N) is 1. The van der Waals surface area contributed by atoms with Crippen LogP contribution in [0.2, 0.25) is 0 Å². The summed E-state index contributed by atoms with van der Waals surface area (Å²) < 4.78 is 0. The zero-order valence-electron chi connectivity index (χ0n) is 13.5. The predicted molar refractivity (Wildman–Crippen MR) is 90.8 cm³/mol. The lowest BCUT2D eigenvalue weighted by Gasteiger charge is -2.45. The highest BCUT2D eigenvalue weighted by Crippen LogP contribution is 2.49. The zero-order valence-corrected chi connectivity index (χ0v) is 14.3. The van der Waals surface area contributed by atoms with Gasteiger partial charge in [0.05, 0.1) is 0 Å². The van der Waals surface area contributed by atoms with Crippen molar-refractivity contribution < 1.29 is 4.79 Å². The van der Waals surface area contributed by atoms with Gasteiger partial charge in [0.2, 0.25) is 5.91 Å². The molecule has 5 atom stereocenters. The third kappa shape index (κ3) is 3.17. The molecule has 0 saturated heterocycles. The number of rotatable bonds is 3. The van der Waals surface area contributed by atoms with E-state index in [-0.39, 0.29) is 12.4 Å². The van der Waals surface area contributed by atoms with Crippen LogP contribution in [0.25, 0.3) is 0 Å². The molecule has 0 heterocycles. The minimum atomic E-state index is 0. The van der Waals surface area contributed by atoms with E-state index in [1.165, 1.54) is 44.9 Å². The summed E-state index contributed by atoms with van der Waals surface area (Å²) in [5.41, 5.74) is 6.18. The summed E-state index contributed by atoms with van der Waals surface area (Å²) in [5.74, 6) is 4.13. The lowest BCUT2D eigenvalue weighted by molar-refractivity contribution is -0.124. The van der Waals surface area contributed by atoms with E-state index in [4.69, 9.17) is 5.73 Å². The van der Waals surface area contributed by atoms with Gasteiger partial charge in [0.15, 0.2) is 0 Å². The Balaban J connectivity index is 0.00000144. The highest BCUT2D eigenvalue weighted by molar-refractivity contribution is 5.85. The Hall–Kier alpha value is -0.280. The van der Waals surface area contributed by atoms with Crippen molar-refractivity contribution in [2.24, 2.45) is 35.3 Å². The van der Waals surface area contributed by atoms with Gasteiger partial charge in [-0.1, -0.05) is 12.8 Å². The van der Waals surface area contributed by atoms with Crippen molar-refractivity contribution in [1.82, 2.24) is 5.32 Å². The Morgan fingerprint density at radius 1 is 0.955 bits per heavy atom. The molecule has 126 valence electrons. The number of hydrogen-bond donors (Lipinski definition) is 2. The number of hydrogen-bond acceptors (Lipinski definition) is 2. The summed E-state index contributed by atoms with van der Waals surface area (Å²) in [5, 5.41) is 3.43. The van der Waals surface area contributed by atoms with Crippen LogP contribution in [0.3, 0.4) is 0 Å². The first-order valence-corrected chi connectivity index (χ1v) is 9.24. The van der Waals surface area contributed by atoms with E-state index in [0.717, 1.165) is 31.1 Å². The van der Waals surface area contributed by atoms with Gasteiger partial charge in [0, 0.05) is 18.5 Å². The van der Waals surface area contributed by atoms with Gasteiger partial charge < -0.3 is 11.1 Å². The van der Waals surface area contributed by atoms with E-state index >= 15 is 0 Å². The van der Waals surface area contributed by atoms with Crippen LogP contribution >= 0.6 is 12.4 Å². The summed E-state index contributed by atoms with van der Waals surface area (Å²) in [6, 6.07) is 0.809. The van der Waals surface area contributed by atoms with Crippen molar-refractivity contribution in [2.75, 3.05) is 0 Å². The molecule has 4 aliphatic carbocycles. The van der Waals surface area contributed by atoms with Crippen molar-refractivity contribution >= 4 is 18.3 Å². The molecule has 3 N–H and O–H groups in total. The first-order chi connectivity index (χ1) is 10.2. The van der Waals surface area contributed by atoms with Crippen molar-refractivity contribution in [3.8, 4) is 0 Å². The molecular weight excluding hydrogens is 296 g/mol. The molecule has 4 saturated carbocycles. The van der Waals surface area contributed by atoms with Crippen LogP contribution in [0.5, 0.6) is 0 Å². The van der Waals surface area contributed by atoms with Crippen molar-refractivity contribution in [3.05, 3.63) is 0 Å². The molecule has 0 spiro atoms. The lowest BCUT2D eigenvalue weighted by Crippen LogP contribution is -2.53. The smallest absolute Gasteiger partial charge is 0.220 e. The fourth-order valence-corrected chi connectivity index (χ4v) is 6.13. The van der Waals surface area contributed by atoms with Crippen molar-refractivity contribution in [2.45, 2.75) is 76.3 Å². The number of amides is 1. The van der Waals surface area contributed by atoms with E-state index in [1.807, 2.05) is 0 Å². The first-order valence-electron chi connectivity index (χ1n) is 9.24. The Bertz CT molecular complexity index is 402. The van der Waals surface area contributed by atoms with E-state index < -0.39 is 0 Å². The van der Waals surface area contributed by atoms with Crippen LogP contribution in [0.15, 0.2) is 0 Å². The number of fused-ring (bicyclic) bond motifs is 4. The molecule has 0 aromatic carbocycles. The molecule has 0 aliphatic heterocycles. The maximum absolute atomic E-state index is 12.5. The second-order valence-corrected chi connectivity index (χ2v) is 8.41. The first kappa shape index (κ1) is 16.6. The van der Waals surface area contributed by atoms with Crippen LogP contribution in [0, 0.1) is 29.6 Å². The fourth-order valence-electron chi connectivity index (χ4n) is 6.13. The summed E-state index contributed by atoms with van der Waals surface area (Å²) in [6.07, 6.45) is 12.4. The average molecular weight is 327 g/mol. The van der Waals surface area contributed by atoms with Gasteiger partial charge in [-0.3, -0.25) is 4.79 Å². The van der Waals surface area contributed by atoms with E-state index in [9.17, 15) is 4.79 Å². The summed E-state index contributed by atoms with van der Waals surface area (Å²) >= 11 is 0. The maximum Gasteiger partial charge on any atom is 0.220 e. The maximum atomic E-state index is 12.5. The molecule has 3 nitrogen and oxygen atoms in total. The summed E-state index contributed by atoms with van der Waals surface area (Å²) in [4.78, 5) is 12.5. The van der Waals surface area contributed by atoms with Crippen LogP contribution in [0.1, 0.15) is 64.2 Å². The fraction of sp³-hybridized carbons (Fsp3) is 0.944. The summed E-state index contributed by atoms with van der Waals surface area (Å²) in [7, 11) is 0. The third-order valence-corrected chi connectivity index (χ3v) is 7.04. The normalized spacial score (nSPS) is 46.1. The largest absolute Gasteiger partial charge is 0.353 e. The molecule has 4 aliphatic rings. The molecular formula is C18H31ClN2O. The van der Waals surface area contributed by atoms with E-state index in [0.29, 0.717) is 35.7 Å². The number of nitrogens with two attached hydrogens (primary N) is 1. The van der Waals surface area contributed by atoms with Crippen LogP contribution in [0.4, 0.5) is 0 Å². The van der Waals surface area contributed by atoms with Gasteiger partial charge in [-0.25, -0.2) is 0 Å². The standard InChI is InChI=1S/C18H30N2O.ClH/c19-16-8-13-2-1-3-14(9-16)18(13)20-17(21)10-15-7-11-4-5-12(15)6-11;/h11-16,18H,1-10,19H2,(H,20,21);1H. The number of halogens is 1. The summed E-state index contributed by atoms with van der Waals surface area (Å²) in [6.45, 7) is 0. The van der Waals surface area contributed by atoms with Crippen molar-refractivity contribution in [3.63, 3.8) is 0 Å². The van der Waals surface area contributed by atoms with Gasteiger partial charge >= 0.3 is 0 Å². The van der Waals surface area contributed by atoms with Gasteiger partial charge in [-0.2, -0.15) is 0 Å². The minimum absolute atomic E-state index is 0. The minimum Gasteiger partial charge on any atom is -0.353 e. The second kappa shape index (κ2) is 6.68. The van der Waals surface area contributed by atoms with Gasteiger partial charge in [-0.15, -0.1) is 12.4 Å². The van der Waals surface area contributed by atoms with Gasteiger partial charge in [0.25, 0.3) is 0 Å². The van der Waals surface area contributed by atoms with Gasteiger partial charge in [0.1, 0.15) is 0 Å². The third-order valence-electron chi connectivity index (χ3n) is 7.04. The molecule has 4 bridgehead atoms. The molecule has 5 unspecified atom stereocenters. The number of carbonyl (C=O) groups excluding carboxylic acids is 1. The Morgan fingerprint density at radius 3 is 2.27 bits per heavy atom. The van der Waals surface area contributed by atoms with E-state index in [1.54, 1.807) is 0 Å². The topological polar surface area (TPSA) is 55.1 Å². The molecule has 4 rings (SSSR count). The number of carbonyl (C=O) groups is 1. The molecule has 1 amide bonds. The highest BCUT2D eigenvalue weighted by atomic mass is 35.5. The molecule has 4 heteroatoms. The average Bonchev–Trinajstić information content (AvgIpc) is 3.02. The van der Waals surface area contributed by atoms with E-state index in [2.05, 4.69) is 5.32 Å². The lowest BCUT2D eigenvalue weighted by atomic mass is 9.67. The Kier molecular flexibility index (Phi) is 5.04. The molecule has 22 heavy (non-hydrogen) atoms. The van der Waals surface area contributed by atoms with Crippen LogP contribution in [-0.2, 0) is 4.79 Å². The molecule has 4 fully saturated rings.